The molecule has 7 nitrogen and oxygen atoms in total. The second kappa shape index (κ2) is 8.98. The van der Waals surface area contributed by atoms with Gasteiger partial charge in [-0.15, -0.1) is 0 Å². The van der Waals surface area contributed by atoms with Gasteiger partial charge in [-0.25, -0.2) is 9.97 Å². The van der Waals surface area contributed by atoms with Crippen LogP contribution in [0.3, 0.4) is 0 Å². The van der Waals surface area contributed by atoms with Gasteiger partial charge >= 0.3 is 0 Å². The maximum absolute atomic E-state index is 5.46. The van der Waals surface area contributed by atoms with Crippen molar-refractivity contribution in [2.75, 3.05) is 63.9 Å². The Bertz CT molecular complexity index is 788. The van der Waals surface area contributed by atoms with Crippen LogP contribution in [0.25, 0.3) is 11.0 Å². The van der Waals surface area contributed by atoms with Crippen LogP contribution in [0, 0.1) is 0 Å². The third kappa shape index (κ3) is 4.27. The van der Waals surface area contributed by atoms with E-state index in [9.17, 15) is 0 Å². The van der Waals surface area contributed by atoms with Gasteiger partial charge in [-0.1, -0.05) is 6.42 Å². The molecule has 2 aromatic rings. The second-order valence-corrected chi connectivity index (χ2v) is 8.71. The highest BCUT2D eigenvalue weighted by molar-refractivity contribution is 5.87. The number of morpholine rings is 1. The molecule has 3 saturated heterocycles. The van der Waals surface area contributed by atoms with Crippen LogP contribution >= 0.6 is 0 Å². The van der Waals surface area contributed by atoms with Gasteiger partial charge in [-0.2, -0.15) is 0 Å². The van der Waals surface area contributed by atoms with Crippen molar-refractivity contribution < 1.29 is 4.74 Å². The number of aromatic nitrogens is 3. The van der Waals surface area contributed by atoms with E-state index in [2.05, 4.69) is 36.5 Å². The fourth-order valence-electron chi connectivity index (χ4n) is 5.22. The SMILES string of the molecule is c1nc(N2CCC(N3CCCCC3)CC2)c2ccn(CCN3CCOCC3)c2n1. The minimum Gasteiger partial charge on any atom is -0.379 e. The standard InChI is InChI=1S/C22H34N6O/c1-2-7-26(8-3-1)19-4-9-27(10-5-19)21-20-6-11-28(22(20)24-18-23-21)13-12-25-14-16-29-17-15-25/h6,11,18-19H,1-5,7-10,12-17H2. The number of nitrogens with zero attached hydrogens (tertiary/aromatic N) is 6. The number of hydrogen-bond acceptors (Lipinski definition) is 6. The third-order valence-electron chi connectivity index (χ3n) is 6.97. The zero-order chi connectivity index (χ0) is 19.5. The Balaban J connectivity index is 1.24. The van der Waals surface area contributed by atoms with E-state index in [1.54, 1.807) is 6.33 Å². The summed E-state index contributed by atoms with van der Waals surface area (Å²) < 4.78 is 7.75. The van der Waals surface area contributed by atoms with Gasteiger partial charge < -0.3 is 19.1 Å². The van der Waals surface area contributed by atoms with Gasteiger partial charge in [-0.3, -0.25) is 4.90 Å². The summed E-state index contributed by atoms with van der Waals surface area (Å²) in [7, 11) is 0. The first-order chi connectivity index (χ1) is 14.4. The average molecular weight is 399 g/mol. The van der Waals surface area contributed by atoms with E-state index in [-0.39, 0.29) is 0 Å². The van der Waals surface area contributed by atoms with Gasteiger partial charge in [-0.05, 0) is 44.8 Å². The molecule has 0 amide bonds. The van der Waals surface area contributed by atoms with Crippen molar-refractivity contribution >= 4 is 16.9 Å². The van der Waals surface area contributed by atoms with Crippen molar-refractivity contribution in [3.05, 3.63) is 18.6 Å². The average Bonchev–Trinajstić information content (AvgIpc) is 3.22. The molecule has 7 heteroatoms. The minimum atomic E-state index is 0.766. The molecule has 5 heterocycles. The Morgan fingerprint density at radius 3 is 2.48 bits per heavy atom. The molecule has 0 aromatic carbocycles. The largest absolute Gasteiger partial charge is 0.379 e. The van der Waals surface area contributed by atoms with Gasteiger partial charge in [0.05, 0.1) is 18.6 Å². The fourth-order valence-corrected chi connectivity index (χ4v) is 5.22. The molecule has 0 unspecified atom stereocenters. The van der Waals surface area contributed by atoms with E-state index in [0.717, 1.165) is 70.0 Å². The Hall–Kier alpha value is -1.70. The van der Waals surface area contributed by atoms with Gasteiger partial charge in [0.2, 0.25) is 0 Å². The van der Waals surface area contributed by atoms with Gasteiger partial charge in [0.25, 0.3) is 0 Å². The zero-order valence-electron chi connectivity index (χ0n) is 17.5. The van der Waals surface area contributed by atoms with E-state index in [1.165, 1.54) is 50.6 Å². The Kier molecular flexibility index (Phi) is 5.97. The number of likely N-dealkylation sites (tertiary alicyclic amines) is 1. The normalized spacial score (nSPS) is 23.1. The van der Waals surface area contributed by atoms with Crippen LogP contribution in [0.2, 0.25) is 0 Å². The lowest BCUT2D eigenvalue weighted by molar-refractivity contribution is 0.0365. The van der Waals surface area contributed by atoms with Crippen molar-refractivity contribution in [1.82, 2.24) is 24.3 Å². The molecular formula is C22H34N6O. The lowest BCUT2D eigenvalue weighted by atomic mass is 10.00. The smallest absolute Gasteiger partial charge is 0.145 e. The number of fused-ring (bicyclic) bond motifs is 1. The van der Waals surface area contributed by atoms with Crippen LogP contribution in [0.15, 0.2) is 18.6 Å². The van der Waals surface area contributed by atoms with E-state index >= 15 is 0 Å². The molecule has 0 aliphatic carbocycles. The van der Waals surface area contributed by atoms with Gasteiger partial charge in [0.1, 0.15) is 17.8 Å². The van der Waals surface area contributed by atoms with Crippen LogP contribution in [-0.4, -0.2) is 89.4 Å². The second-order valence-electron chi connectivity index (χ2n) is 8.71. The molecule has 3 aliphatic rings. The molecule has 0 bridgehead atoms. The topological polar surface area (TPSA) is 49.7 Å². The molecule has 2 aromatic heterocycles. The fraction of sp³-hybridized carbons (Fsp3) is 0.727. The Labute approximate surface area is 173 Å². The van der Waals surface area contributed by atoms with Crippen molar-refractivity contribution in [1.29, 1.82) is 0 Å². The molecule has 0 saturated carbocycles. The maximum atomic E-state index is 5.46. The highest BCUT2D eigenvalue weighted by atomic mass is 16.5. The van der Waals surface area contributed by atoms with Crippen LogP contribution in [0.5, 0.6) is 0 Å². The van der Waals surface area contributed by atoms with Crippen molar-refractivity contribution in [2.24, 2.45) is 0 Å². The lowest BCUT2D eigenvalue weighted by Gasteiger charge is -2.40. The van der Waals surface area contributed by atoms with Crippen molar-refractivity contribution in [2.45, 2.75) is 44.7 Å². The first kappa shape index (κ1) is 19.3. The summed E-state index contributed by atoms with van der Waals surface area (Å²) in [6.07, 6.45) is 10.6. The summed E-state index contributed by atoms with van der Waals surface area (Å²) in [5.41, 5.74) is 1.07. The summed E-state index contributed by atoms with van der Waals surface area (Å²) in [6, 6.07) is 2.97. The molecule has 0 radical (unpaired) electrons. The number of rotatable bonds is 5. The number of hydrogen-bond donors (Lipinski definition) is 0. The highest BCUT2D eigenvalue weighted by Gasteiger charge is 2.27. The number of anilines is 1. The van der Waals surface area contributed by atoms with Crippen molar-refractivity contribution in [3.63, 3.8) is 0 Å². The Morgan fingerprint density at radius 2 is 1.69 bits per heavy atom. The van der Waals surface area contributed by atoms with E-state index < -0.39 is 0 Å². The van der Waals surface area contributed by atoms with Gasteiger partial charge in [0, 0.05) is 51.5 Å². The molecule has 0 atom stereocenters. The van der Waals surface area contributed by atoms with E-state index in [4.69, 9.17) is 9.72 Å². The first-order valence-corrected chi connectivity index (χ1v) is 11.5. The van der Waals surface area contributed by atoms with Crippen LogP contribution < -0.4 is 4.90 Å². The molecule has 3 aliphatic heterocycles. The quantitative estimate of drug-likeness (QED) is 0.770. The molecule has 0 spiro atoms. The van der Waals surface area contributed by atoms with Crippen LogP contribution in [0.1, 0.15) is 32.1 Å². The molecule has 158 valence electrons. The maximum Gasteiger partial charge on any atom is 0.145 e. The summed E-state index contributed by atoms with van der Waals surface area (Å²) in [6.45, 7) is 10.6. The van der Waals surface area contributed by atoms with Crippen LogP contribution in [0.4, 0.5) is 5.82 Å². The lowest BCUT2D eigenvalue weighted by Crippen LogP contribution is -2.47. The Morgan fingerprint density at radius 1 is 0.897 bits per heavy atom. The van der Waals surface area contributed by atoms with E-state index in [0.29, 0.717) is 0 Å². The zero-order valence-corrected chi connectivity index (χ0v) is 17.5. The van der Waals surface area contributed by atoms with Crippen molar-refractivity contribution in [3.8, 4) is 0 Å². The molecule has 3 fully saturated rings. The predicted molar refractivity (Wildman–Crippen MR) is 115 cm³/mol. The molecular weight excluding hydrogens is 364 g/mol. The molecule has 5 rings (SSSR count). The summed E-state index contributed by atoms with van der Waals surface area (Å²) in [5, 5.41) is 1.20. The number of ether oxygens (including phenoxy) is 1. The predicted octanol–water partition coefficient (Wildman–Crippen LogP) is 2.22. The summed E-state index contributed by atoms with van der Waals surface area (Å²) in [4.78, 5) is 17.0. The highest BCUT2D eigenvalue weighted by Crippen LogP contribution is 2.28. The minimum absolute atomic E-state index is 0.766. The van der Waals surface area contributed by atoms with Gasteiger partial charge in [0.15, 0.2) is 0 Å². The third-order valence-corrected chi connectivity index (χ3v) is 6.97. The summed E-state index contributed by atoms with van der Waals surface area (Å²) >= 11 is 0. The molecule has 29 heavy (non-hydrogen) atoms. The van der Waals surface area contributed by atoms with E-state index in [1.807, 2.05) is 0 Å². The number of piperidine rings is 2. The molecule has 0 N–H and O–H groups in total. The first-order valence-electron chi connectivity index (χ1n) is 11.5. The van der Waals surface area contributed by atoms with Crippen LogP contribution in [-0.2, 0) is 11.3 Å². The monoisotopic (exact) mass is 398 g/mol. The summed E-state index contributed by atoms with van der Waals surface area (Å²) in [5.74, 6) is 1.12.